The molecule has 2 nitrogen and oxygen atoms in total. The van der Waals surface area contributed by atoms with E-state index in [2.05, 4.69) is 0 Å². The summed E-state index contributed by atoms with van der Waals surface area (Å²) < 4.78 is 111. The molecule has 0 saturated carbocycles. The van der Waals surface area contributed by atoms with Crippen molar-refractivity contribution < 1.29 is 23.9 Å². The minimum Gasteiger partial charge on any atom is -0.456 e. The molecule has 10 rings (SSSR count). The summed E-state index contributed by atoms with van der Waals surface area (Å²) >= 11 is 0. The summed E-state index contributed by atoms with van der Waals surface area (Å²) in [5.74, 6) is 0. The summed E-state index contributed by atoms with van der Waals surface area (Å²) in [6.45, 7) is 0. The van der Waals surface area contributed by atoms with Crippen molar-refractivity contribution in [1.29, 1.82) is 0 Å². The molecule has 0 atom stereocenters. The number of benzene rings is 8. The van der Waals surface area contributed by atoms with Crippen LogP contribution in [0.4, 0.5) is 0 Å². The fourth-order valence-electron chi connectivity index (χ4n) is 6.70. The van der Waals surface area contributed by atoms with Gasteiger partial charge in [0.1, 0.15) is 22.3 Å². The fourth-order valence-corrected chi connectivity index (χ4v) is 6.70. The fraction of sp³-hybridized carbons (Fsp3) is 0. The number of furan rings is 2. The third-order valence-corrected chi connectivity index (χ3v) is 8.44. The van der Waals surface area contributed by atoms with Crippen LogP contribution in [0.15, 0.2) is 154 Å². The summed E-state index contributed by atoms with van der Waals surface area (Å²) in [5.41, 5.74) is 2.06. The number of fused-ring (bicyclic) bond motifs is 11. The first kappa shape index (κ1) is 15.6. The predicted molar refractivity (Wildman–Crippen MR) is 184 cm³/mol. The molecule has 0 saturated heterocycles. The molecule has 2 heterocycles. The molecule has 2 aromatic heterocycles. The average molecular weight is 572 g/mol. The maximum atomic E-state index is 10.0. The maximum absolute atomic E-state index is 10.0. The van der Waals surface area contributed by atoms with E-state index in [1.807, 2.05) is 78.9 Å². The van der Waals surface area contributed by atoms with Gasteiger partial charge in [-0.05, 0) is 62.2 Å². The molecule has 0 radical (unpaired) electrons. The van der Waals surface area contributed by atoms with Gasteiger partial charge in [-0.1, -0.05) is 121 Å². The van der Waals surface area contributed by atoms with Crippen LogP contribution < -0.4 is 0 Å². The lowest BCUT2D eigenvalue weighted by Crippen LogP contribution is -1.91. The third-order valence-electron chi connectivity index (χ3n) is 8.44. The van der Waals surface area contributed by atoms with Gasteiger partial charge in [0.25, 0.3) is 0 Å². The Morgan fingerprint density at radius 3 is 1.68 bits per heavy atom. The van der Waals surface area contributed by atoms with E-state index in [0.717, 1.165) is 32.7 Å². The lowest BCUT2D eigenvalue weighted by molar-refractivity contribution is 0.669. The highest BCUT2D eigenvalue weighted by Crippen LogP contribution is 2.49. The summed E-state index contributed by atoms with van der Waals surface area (Å²) in [7, 11) is 0. The number of hydrogen-bond acceptors (Lipinski definition) is 2. The Bertz CT molecular complexity index is 3330. The molecule has 0 fully saturated rings. The number of hydrogen-bond donors (Lipinski definition) is 0. The summed E-state index contributed by atoms with van der Waals surface area (Å²) in [6, 6.07) is 20.3. The molecule has 0 amide bonds. The highest BCUT2D eigenvalue weighted by Gasteiger charge is 2.23. The van der Waals surface area contributed by atoms with Crippen molar-refractivity contribution in [1.82, 2.24) is 0 Å². The van der Waals surface area contributed by atoms with Gasteiger partial charge in [0.2, 0.25) is 0 Å². The Morgan fingerprint density at radius 1 is 0.432 bits per heavy atom. The number of para-hydroxylation sites is 2. The van der Waals surface area contributed by atoms with Crippen molar-refractivity contribution in [3.63, 3.8) is 0 Å². The van der Waals surface area contributed by atoms with Crippen LogP contribution in [-0.4, -0.2) is 0 Å². The van der Waals surface area contributed by atoms with Gasteiger partial charge in [0, 0.05) is 38.1 Å². The van der Waals surface area contributed by atoms with Crippen LogP contribution in [0.2, 0.25) is 0 Å². The zero-order chi connectivity index (χ0) is 38.3. The highest BCUT2D eigenvalue weighted by atomic mass is 16.3. The van der Waals surface area contributed by atoms with Crippen LogP contribution in [0.1, 0.15) is 15.1 Å². The minimum absolute atomic E-state index is 0.0207. The van der Waals surface area contributed by atoms with E-state index in [1.54, 1.807) is 0 Å². The van der Waals surface area contributed by atoms with E-state index >= 15 is 0 Å². The standard InChI is InChI=1S/C42H24O2/c1-2-12-25(13-3-1)37-27-14-4-6-16-29(27)39(30-17-7-5-15-28(30)37)33-24-26-22-23-36-40(31-18-8-10-20-34(31)43-36)38(26)41-32-19-9-11-21-35(32)44-42(33)41/h1-24H/i8D,9D,10D,11D,18D,19D,20D,21D,22D,23D,24D. The van der Waals surface area contributed by atoms with E-state index in [9.17, 15) is 2.74 Å². The van der Waals surface area contributed by atoms with Gasteiger partial charge >= 0.3 is 0 Å². The highest BCUT2D eigenvalue weighted by molar-refractivity contribution is 6.34. The SMILES string of the molecule is [2H]c1c([2H])c([2H])c2c(oc3c([2H])c([2H])c4c([2H])c(-c5c6ccccc6c(-c6ccccc6)c6ccccc56)c5oc6c([2H])c([2H])c([2H])c([2H])c6c5c4c32)c1[2H]. The van der Waals surface area contributed by atoms with E-state index < -0.39 is 60.4 Å². The van der Waals surface area contributed by atoms with Crippen LogP contribution in [0, 0.1) is 0 Å². The van der Waals surface area contributed by atoms with E-state index in [0.29, 0.717) is 5.56 Å². The molecule has 10 aromatic rings. The van der Waals surface area contributed by atoms with E-state index in [1.165, 1.54) is 0 Å². The van der Waals surface area contributed by atoms with E-state index in [4.69, 9.17) is 21.2 Å². The van der Waals surface area contributed by atoms with E-state index in [-0.39, 0.29) is 66.3 Å². The molecule has 0 bridgehead atoms. The van der Waals surface area contributed by atoms with Crippen molar-refractivity contribution in [3.05, 3.63) is 145 Å². The first-order valence-corrected chi connectivity index (χ1v) is 14.1. The monoisotopic (exact) mass is 571 g/mol. The van der Waals surface area contributed by atoms with Gasteiger partial charge in [-0.2, -0.15) is 0 Å². The Hall–Kier alpha value is -5.86. The van der Waals surface area contributed by atoms with Crippen LogP contribution >= 0.6 is 0 Å². The lowest BCUT2D eigenvalue weighted by atomic mass is 9.84. The number of rotatable bonds is 2. The predicted octanol–water partition coefficient (Wildman–Crippen LogP) is 12.3. The molecule has 0 aliphatic rings. The van der Waals surface area contributed by atoms with Crippen molar-refractivity contribution >= 4 is 76.2 Å². The molecule has 44 heavy (non-hydrogen) atoms. The zero-order valence-electron chi connectivity index (χ0n) is 33.8. The molecular weight excluding hydrogens is 536 g/mol. The Balaban J connectivity index is 1.55. The Morgan fingerprint density at radius 2 is 1.00 bits per heavy atom. The van der Waals surface area contributed by atoms with Gasteiger partial charge in [-0.15, -0.1) is 0 Å². The van der Waals surface area contributed by atoms with Crippen molar-refractivity contribution in [2.24, 2.45) is 0 Å². The molecular formula is C42H24O2. The van der Waals surface area contributed by atoms with Crippen LogP contribution in [-0.2, 0) is 0 Å². The second kappa shape index (κ2) is 8.82. The summed E-state index contributed by atoms with van der Waals surface area (Å²) in [6.07, 6.45) is 0. The first-order valence-electron chi connectivity index (χ1n) is 19.6. The lowest BCUT2D eigenvalue weighted by Gasteiger charge is -2.18. The molecule has 0 aliphatic carbocycles. The Labute approximate surface area is 267 Å². The summed E-state index contributed by atoms with van der Waals surface area (Å²) in [4.78, 5) is 0. The second-order valence-electron chi connectivity index (χ2n) is 10.7. The zero-order valence-corrected chi connectivity index (χ0v) is 22.8. The molecule has 0 N–H and O–H groups in total. The third kappa shape index (κ3) is 3.14. The van der Waals surface area contributed by atoms with Crippen LogP contribution in [0.25, 0.3) is 98.4 Å². The van der Waals surface area contributed by atoms with Crippen molar-refractivity contribution in [2.45, 2.75) is 0 Å². The minimum atomic E-state index is -0.552. The van der Waals surface area contributed by atoms with Crippen molar-refractivity contribution in [2.75, 3.05) is 0 Å². The molecule has 2 heteroatoms. The molecule has 0 spiro atoms. The molecule has 8 aromatic carbocycles. The normalized spacial score (nSPS) is 15.6. The van der Waals surface area contributed by atoms with Gasteiger partial charge in [0.15, 0.2) is 0 Å². The molecule has 0 unspecified atom stereocenters. The smallest absolute Gasteiger partial charge is 0.143 e. The second-order valence-corrected chi connectivity index (χ2v) is 10.7. The first-order chi connectivity index (χ1) is 26.4. The van der Waals surface area contributed by atoms with Gasteiger partial charge in [-0.25, -0.2) is 0 Å². The Kier molecular flexibility index (Phi) is 3.12. The molecule has 0 aliphatic heterocycles. The maximum Gasteiger partial charge on any atom is 0.143 e. The van der Waals surface area contributed by atoms with Gasteiger partial charge < -0.3 is 8.83 Å². The topological polar surface area (TPSA) is 26.3 Å². The largest absolute Gasteiger partial charge is 0.456 e. The van der Waals surface area contributed by atoms with Gasteiger partial charge in [-0.3, -0.25) is 0 Å². The van der Waals surface area contributed by atoms with Gasteiger partial charge in [0.05, 0.1) is 15.1 Å². The van der Waals surface area contributed by atoms with Crippen LogP contribution in [0.3, 0.4) is 0 Å². The van der Waals surface area contributed by atoms with Crippen molar-refractivity contribution in [3.8, 4) is 22.3 Å². The average Bonchev–Trinajstić information content (AvgIpc) is 3.80. The van der Waals surface area contributed by atoms with Crippen LogP contribution in [0.5, 0.6) is 0 Å². The molecule has 204 valence electrons. The summed E-state index contributed by atoms with van der Waals surface area (Å²) in [5, 5.41) is 3.19. The quantitative estimate of drug-likeness (QED) is 0.193.